The van der Waals surface area contributed by atoms with E-state index in [9.17, 15) is 13.6 Å². The summed E-state index contributed by atoms with van der Waals surface area (Å²) >= 11 is 0. The molecule has 3 aromatic rings. The van der Waals surface area contributed by atoms with E-state index < -0.39 is 17.5 Å². The Bertz CT molecular complexity index is 1270. The molecule has 0 bridgehead atoms. The Morgan fingerprint density at radius 1 is 1.03 bits per heavy atom. The van der Waals surface area contributed by atoms with Gasteiger partial charge in [-0.1, -0.05) is 12.1 Å². The lowest BCUT2D eigenvalue weighted by Crippen LogP contribution is -2.55. The summed E-state index contributed by atoms with van der Waals surface area (Å²) in [5, 5.41) is 0. The molecule has 1 atom stereocenters. The van der Waals surface area contributed by atoms with Crippen molar-refractivity contribution in [3.8, 4) is 17.2 Å². The van der Waals surface area contributed by atoms with Crippen LogP contribution >= 0.6 is 0 Å². The zero-order valence-corrected chi connectivity index (χ0v) is 18.8. The van der Waals surface area contributed by atoms with E-state index in [1.807, 2.05) is 49.4 Å². The summed E-state index contributed by atoms with van der Waals surface area (Å²) in [6.07, 6.45) is 0. The zero-order chi connectivity index (χ0) is 23.8. The van der Waals surface area contributed by atoms with Crippen molar-refractivity contribution in [1.29, 1.82) is 0 Å². The first kappa shape index (κ1) is 21.9. The van der Waals surface area contributed by atoms with Crippen LogP contribution in [0.4, 0.5) is 14.5 Å². The van der Waals surface area contributed by atoms with E-state index in [1.165, 1.54) is 0 Å². The lowest BCUT2D eigenvalue weighted by Gasteiger charge is -2.41. The summed E-state index contributed by atoms with van der Waals surface area (Å²) < 4.78 is 38.9. The van der Waals surface area contributed by atoms with Gasteiger partial charge in [0.05, 0.1) is 12.7 Å². The number of hydrogen-bond donors (Lipinski definition) is 0. The zero-order valence-electron chi connectivity index (χ0n) is 18.8. The number of amidine groups is 1. The number of halogens is 2. The molecule has 1 amide bonds. The molecule has 174 valence electrons. The van der Waals surface area contributed by atoms with Crippen LogP contribution in [0, 0.1) is 11.6 Å². The third-order valence-electron chi connectivity index (χ3n) is 6.04. The smallest absolute Gasteiger partial charge is 0.254 e. The molecule has 0 N–H and O–H groups in total. The van der Waals surface area contributed by atoms with Crippen molar-refractivity contribution < 1.29 is 23.0 Å². The maximum atomic E-state index is 13.7. The summed E-state index contributed by atoms with van der Waals surface area (Å²) in [6.45, 7) is 3.26. The quantitative estimate of drug-likeness (QED) is 0.537. The van der Waals surface area contributed by atoms with Crippen LogP contribution in [0.25, 0.3) is 0 Å². The fraction of sp³-hybridized carbons (Fsp3) is 0.231. The number of amides is 1. The van der Waals surface area contributed by atoms with Crippen LogP contribution < -0.4 is 9.47 Å². The summed E-state index contributed by atoms with van der Waals surface area (Å²) in [7, 11) is 1.60. The van der Waals surface area contributed by atoms with Crippen LogP contribution in [-0.2, 0) is 0 Å². The standard InChI is InChI=1S/C26H23F2N3O3/c1-16-15-30(9-10-31(16)26(32)17-11-18(27)13-19(28)12-17)25-21-14-20(33-2)7-8-23(21)34-24-6-4-3-5-22(24)29-25/h3-8,11-14,16H,9-10,15H2,1-2H3. The molecule has 0 radical (unpaired) electrons. The van der Waals surface area contributed by atoms with Gasteiger partial charge in [0.15, 0.2) is 5.75 Å². The molecule has 1 fully saturated rings. The van der Waals surface area contributed by atoms with Gasteiger partial charge in [0, 0.05) is 37.3 Å². The van der Waals surface area contributed by atoms with Crippen LogP contribution in [0.2, 0.25) is 0 Å². The molecular formula is C26H23F2N3O3. The van der Waals surface area contributed by atoms with Gasteiger partial charge >= 0.3 is 0 Å². The number of methoxy groups -OCH3 is 1. The van der Waals surface area contributed by atoms with Crippen LogP contribution in [0.5, 0.6) is 17.2 Å². The minimum absolute atomic E-state index is 0.00187. The molecule has 1 unspecified atom stereocenters. The lowest BCUT2D eigenvalue weighted by atomic mass is 10.1. The highest BCUT2D eigenvalue weighted by Gasteiger charge is 2.32. The molecule has 0 saturated carbocycles. The number of fused-ring (bicyclic) bond motifs is 2. The molecular weight excluding hydrogens is 440 g/mol. The van der Waals surface area contributed by atoms with Gasteiger partial charge in [-0.05, 0) is 49.4 Å². The van der Waals surface area contributed by atoms with Crippen molar-refractivity contribution >= 4 is 17.4 Å². The van der Waals surface area contributed by atoms with Gasteiger partial charge in [0.25, 0.3) is 5.91 Å². The molecule has 2 heterocycles. The van der Waals surface area contributed by atoms with Gasteiger partial charge in [-0.25, -0.2) is 13.8 Å². The summed E-state index contributed by atoms with van der Waals surface area (Å²) in [6, 6.07) is 15.8. The van der Waals surface area contributed by atoms with Gasteiger partial charge in [-0.2, -0.15) is 0 Å². The van der Waals surface area contributed by atoms with Crippen LogP contribution in [0.1, 0.15) is 22.8 Å². The maximum Gasteiger partial charge on any atom is 0.254 e. The fourth-order valence-electron chi connectivity index (χ4n) is 4.36. The molecule has 1 saturated heterocycles. The topological polar surface area (TPSA) is 54.4 Å². The number of rotatable bonds is 2. The predicted octanol–water partition coefficient (Wildman–Crippen LogP) is 5.00. The molecule has 5 rings (SSSR count). The third kappa shape index (κ3) is 4.07. The average molecular weight is 463 g/mol. The fourth-order valence-corrected chi connectivity index (χ4v) is 4.36. The van der Waals surface area contributed by atoms with Crippen molar-refractivity contribution in [3.63, 3.8) is 0 Å². The molecule has 0 aliphatic carbocycles. The second-order valence-corrected chi connectivity index (χ2v) is 8.32. The Kier molecular flexibility index (Phi) is 5.65. The van der Waals surface area contributed by atoms with E-state index in [4.69, 9.17) is 14.5 Å². The first-order chi connectivity index (χ1) is 16.4. The molecule has 3 aromatic carbocycles. The Hall–Kier alpha value is -3.94. The number of carbonyl (C=O) groups is 1. The highest BCUT2D eigenvalue weighted by Crippen LogP contribution is 2.39. The van der Waals surface area contributed by atoms with Crippen molar-refractivity contribution in [3.05, 3.63) is 83.4 Å². The second-order valence-electron chi connectivity index (χ2n) is 8.32. The van der Waals surface area contributed by atoms with Crippen molar-refractivity contribution in [2.45, 2.75) is 13.0 Å². The molecule has 8 heteroatoms. The van der Waals surface area contributed by atoms with Gasteiger partial charge in [-0.3, -0.25) is 4.79 Å². The van der Waals surface area contributed by atoms with E-state index in [2.05, 4.69) is 4.90 Å². The normalized spacial score (nSPS) is 17.2. The van der Waals surface area contributed by atoms with Crippen LogP contribution in [0.15, 0.2) is 65.7 Å². The monoisotopic (exact) mass is 463 g/mol. The maximum absolute atomic E-state index is 13.7. The minimum atomic E-state index is -0.772. The first-order valence-corrected chi connectivity index (χ1v) is 11.0. The van der Waals surface area contributed by atoms with E-state index in [1.54, 1.807) is 12.0 Å². The van der Waals surface area contributed by atoms with Gasteiger partial charge < -0.3 is 19.3 Å². The largest absolute Gasteiger partial charge is 0.497 e. The van der Waals surface area contributed by atoms with E-state index >= 15 is 0 Å². The molecule has 6 nitrogen and oxygen atoms in total. The molecule has 0 aromatic heterocycles. The number of para-hydroxylation sites is 2. The summed E-state index contributed by atoms with van der Waals surface area (Å²) in [5.74, 6) is 0.762. The van der Waals surface area contributed by atoms with Crippen LogP contribution in [0.3, 0.4) is 0 Å². The molecule has 0 spiro atoms. The number of aliphatic imine (C=N–C) groups is 1. The number of nitrogens with zero attached hydrogens (tertiary/aromatic N) is 3. The van der Waals surface area contributed by atoms with Gasteiger partial charge in [0.2, 0.25) is 0 Å². The Balaban J connectivity index is 1.46. The van der Waals surface area contributed by atoms with E-state index in [0.717, 1.165) is 29.6 Å². The Morgan fingerprint density at radius 2 is 1.79 bits per heavy atom. The number of carbonyl (C=O) groups excluding carboxylic acids is 1. The first-order valence-electron chi connectivity index (χ1n) is 11.0. The van der Waals surface area contributed by atoms with Crippen LogP contribution in [-0.4, -0.2) is 54.3 Å². The Morgan fingerprint density at radius 3 is 2.53 bits per heavy atom. The average Bonchev–Trinajstić information content (AvgIpc) is 2.99. The van der Waals surface area contributed by atoms with Crippen molar-refractivity contribution in [2.24, 2.45) is 4.99 Å². The predicted molar refractivity (Wildman–Crippen MR) is 124 cm³/mol. The van der Waals surface area contributed by atoms with E-state index in [-0.39, 0.29) is 11.6 Å². The van der Waals surface area contributed by atoms with E-state index in [0.29, 0.717) is 42.6 Å². The molecule has 34 heavy (non-hydrogen) atoms. The number of piperazine rings is 1. The third-order valence-corrected chi connectivity index (χ3v) is 6.04. The highest BCUT2D eigenvalue weighted by atomic mass is 19.1. The summed E-state index contributed by atoms with van der Waals surface area (Å²) in [4.78, 5) is 21.7. The highest BCUT2D eigenvalue weighted by molar-refractivity contribution is 6.04. The summed E-state index contributed by atoms with van der Waals surface area (Å²) in [5.41, 5.74) is 1.49. The van der Waals surface area contributed by atoms with Crippen molar-refractivity contribution in [1.82, 2.24) is 9.80 Å². The van der Waals surface area contributed by atoms with Gasteiger partial charge in [0.1, 0.15) is 34.7 Å². The number of benzene rings is 3. The second kappa shape index (κ2) is 8.78. The van der Waals surface area contributed by atoms with Crippen molar-refractivity contribution in [2.75, 3.05) is 26.7 Å². The van der Waals surface area contributed by atoms with Gasteiger partial charge in [-0.15, -0.1) is 0 Å². The number of hydrogen-bond acceptors (Lipinski definition) is 5. The molecule has 2 aliphatic heterocycles. The minimum Gasteiger partial charge on any atom is -0.497 e. The lowest BCUT2D eigenvalue weighted by molar-refractivity contribution is 0.0580. The SMILES string of the molecule is COc1ccc2c(c1)C(N1CCN(C(=O)c3cc(F)cc(F)c3)C(C)C1)=Nc1ccccc1O2. The Labute approximate surface area is 196 Å². The molecule has 2 aliphatic rings. The number of ether oxygens (including phenoxy) is 2.